The van der Waals surface area contributed by atoms with Gasteiger partial charge in [0, 0.05) is 54.5 Å². The Hall–Kier alpha value is -3.09. The summed E-state index contributed by atoms with van der Waals surface area (Å²) in [4.78, 5) is 9.82. The first-order valence-corrected chi connectivity index (χ1v) is 9.09. The number of methoxy groups -OCH3 is 1. The molecule has 4 aromatic rings. The molecule has 0 amide bonds. The summed E-state index contributed by atoms with van der Waals surface area (Å²) in [6, 6.07) is 13.8. The number of benzene rings is 2. The van der Waals surface area contributed by atoms with Crippen molar-refractivity contribution in [2.45, 2.75) is 13.5 Å². The Morgan fingerprint density at radius 3 is 2.61 bits per heavy atom. The van der Waals surface area contributed by atoms with E-state index in [9.17, 15) is 0 Å². The Morgan fingerprint density at radius 1 is 1.04 bits per heavy atom. The number of hydrogen-bond donors (Lipinski definition) is 1. The molecule has 6 nitrogen and oxygen atoms in total. The van der Waals surface area contributed by atoms with Crippen LogP contribution in [0.5, 0.6) is 17.2 Å². The molecular formula is C22H23N3O3. The molecule has 144 valence electrons. The van der Waals surface area contributed by atoms with E-state index in [2.05, 4.69) is 41.1 Å². The molecule has 4 rings (SSSR count). The lowest BCUT2D eigenvalue weighted by Gasteiger charge is -2.10. The lowest BCUT2D eigenvalue weighted by molar-refractivity contribution is 0.0447. The third kappa shape index (κ3) is 3.17. The molecular weight excluding hydrogens is 354 g/mol. The van der Waals surface area contributed by atoms with E-state index in [0.717, 1.165) is 39.1 Å². The van der Waals surface area contributed by atoms with Crippen molar-refractivity contribution in [1.82, 2.24) is 15.0 Å². The highest BCUT2D eigenvalue weighted by Crippen LogP contribution is 2.34. The third-order valence-corrected chi connectivity index (χ3v) is 5.09. The monoisotopic (exact) mass is 377 g/mol. The van der Waals surface area contributed by atoms with E-state index >= 15 is 0 Å². The first kappa shape index (κ1) is 18.3. The molecule has 28 heavy (non-hydrogen) atoms. The topological polar surface area (TPSA) is 57.5 Å². The number of nitrogens with zero attached hydrogens (tertiary/aromatic N) is 2. The second-order valence-corrected chi connectivity index (χ2v) is 6.59. The Labute approximate surface area is 163 Å². The normalized spacial score (nSPS) is 11.3. The average molecular weight is 377 g/mol. The second kappa shape index (κ2) is 7.50. The molecule has 0 spiro atoms. The van der Waals surface area contributed by atoms with Gasteiger partial charge in [-0.25, -0.2) is 5.48 Å². The van der Waals surface area contributed by atoms with E-state index in [1.807, 2.05) is 30.3 Å². The minimum Gasteiger partial charge on any atom is -0.497 e. The maximum absolute atomic E-state index is 6.22. The lowest BCUT2D eigenvalue weighted by atomic mass is 10.1. The van der Waals surface area contributed by atoms with Crippen LogP contribution < -0.4 is 15.0 Å². The molecule has 2 heterocycles. The Morgan fingerprint density at radius 2 is 1.82 bits per heavy atom. The van der Waals surface area contributed by atoms with Crippen LogP contribution in [0.3, 0.4) is 0 Å². The molecule has 2 aromatic heterocycles. The van der Waals surface area contributed by atoms with Gasteiger partial charge >= 0.3 is 0 Å². The minimum absolute atomic E-state index is 0.511. The molecule has 0 unspecified atom stereocenters. The van der Waals surface area contributed by atoms with Crippen molar-refractivity contribution in [1.29, 1.82) is 0 Å². The van der Waals surface area contributed by atoms with E-state index in [1.54, 1.807) is 20.4 Å². The van der Waals surface area contributed by atoms with Crippen LogP contribution in [0.25, 0.3) is 21.8 Å². The fourth-order valence-electron chi connectivity index (χ4n) is 3.46. The van der Waals surface area contributed by atoms with E-state index < -0.39 is 0 Å². The highest BCUT2D eigenvalue weighted by molar-refractivity contribution is 5.88. The molecule has 0 aliphatic carbocycles. The number of hydrogen-bond acceptors (Lipinski definition) is 5. The van der Waals surface area contributed by atoms with Gasteiger partial charge in [-0.1, -0.05) is 0 Å². The molecule has 0 atom stereocenters. The SMILES string of the molecule is CNOCc1c(C)n(C)c2cc(Oc3ccnc4cc(OC)ccc34)ccc12. The minimum atomic E-state index is 0.511. The van der Waals surface area contributed by atoms with Crippen LogP contribution in [0.4, 0.5) is 0 Å². The molecule has 2 aromatic carbocycles. The summed E-state index contributed by atoms with van der Waals surface area (Å²) in [5.74, 6) is 2.31. The highest BCUT2D eigenvalue weighted by Gasteiger charge is 2.14. The molecule has 0 fully saturated rings. The van der Waals surface area contributed by atoms with Crippen LogP contribution in [0, 0.1) is 6.92 Å². The zero-order valence-corrected chi connectivity index (χ0v) is 16.4. The fourth-order valence-corrected chi connectivity index (χ4v) is 3.46. The van der Waals surface area contributed by atoms with Crippen LogP contribution in [0.15, 0.2) is 48.7 Å². The molecule has 0 saturated heterocycles. The smallest absolute Gasteiger partial charge is 0.138 e. The van der Waals surface area contributed by atoms with Crippen LogP contribution in [0.2, 0.25) is 0 Å². The van der Waals surface area contributed by atoms with Crippen LogP contribution in [-0.4, -0.2) is 23.7 Å². The quantitative estimate of drug-likeness (QED) is 0.502. The predicted molar refractivity (Wildman–Crippen MR) is 110 cm³/mol. The number of pyridine rings is 1. The summed E-state index contributed by atoms with van der Waals surface area (Å²) >= 11 is 0. The van der Waals surface area contributed by atoms with Crippen molar-refractivity contribution in [3.05, 3.63) is 59.9 Å². The molecule has 0 aliphatic rings. The molecule has 1 N–H and O–H groups in total. The molecule has 0 radical (unpaired) electrons. The number of ether oxygens (including phenoxy) is 2. The molecule has 0 aliphatic heterocycles. The number of fused-ring (bicyclic) bond motifs is 2. The van der Waals surface area contributed by atoms with Gasteiger partial charge in [-0.05, 0) is 37.3 Å². The summed E-state index contributed by atoms with van der Waals surface area (Å²) < 4.78 is 13.7. The maximum atomic E-state index is 6.22. The number of aromatic nitrogens is 2. The van der Waals surface area contributed by atoms with Crippen LogP contribution in [0.1, 0.15) is 11.3 Å². The van der Waals surface area contributed by atoms with Crippen LogP contribution >= 0.6 is 0 Å². The van der Waals surface area contributed by atoms with Gasteiger partial charge in [0.15, 0.2) is 0 Å². The number of rotatable bonds is 6. The summed E-state index contributed by atoms with van der Waals surface area (Å²) in [7, 11) is 5.47. The van der Waals surface area contributed by atoms with E-state index in [-0.39, 0.29) is 0 Å². The van der Waals surface area contributed by atoms with Crippen molar-refractivity contribution in [3.63, 3.8) is 0 Å². The average Bonchev–Trinajstić information content (AvgIpc) is 2.96. The van der Waals surface area contributed by atoms with Crippen molar-refractivity contribution < 1.29 is 14.3 Å². The van der Waals surface area contributed by atoms with Gasteiger partial charge in [0.2, 0.25) is 0 Å². The summed E-state index contributed by atoms with van der Waals surface area (Å²) in [6.07, 6.45) is 1.75. The van der Waals surface area contributed by atoms with E-state index in [4.69, 9.17) is 14.3 Å². The zero-order chi connectivity index (χ0) is 19.7. The van der Waals surface area contributed by atoms with Crippen molar-refractivity contribution in [3.8, 4) is 17.2 Å². The van der Waals surface area contributed by atoms with Gasteiger partial charge in [-0.2, -0.15) is 0 Å². The van der Waals surface area contributed by atoms with E-state index in [1.165, 1.54) is 11.3 Å². The maximum Gasteiger partial charge on any atom is 0.138 e. The summed E-state index contributed by atoms with van der Waals surface area (Å²) in [5.41, 5.74) is 7.01. The second-order valence-electron chi connectivity index (χ2n) is 6.59. The van der Waals surface area contributed by atoms with Gasteiger partial charge < -0.3 is 14.0 Å². The van der Waals surface area contributed by atoms with Crippen molar-refractivity contribution in [2.24, 2.45) is 7.05 Å². The van der Waals surface area contributed by atoms with Gasteiger partial charge in [0.25, 0.3) is 0 Å². The molecule has 0 saturated carbocycles. The number of hydroxylamine groups is 1. The Kier molecular flexibility index (Phi) is 4.90. The van der Waals surface area contributed by atoms with Crippen molar-refractivity contribution >= 4 is 21.8 Å². The summed E-state index contributed by atoms with van der Waals surface area (Å²) in [5, 5.41) is 2.10. The number of nitrogens with one attached hydrogen (secondary N) is 1. The first-order chi connectivity index (χ1) is 13.6. The molecule has 6 heteroatoms. The van der Waals surface area contributed by atoms with E-state index in [0.29, 0.717) is 6.61 Å². The fraction of sp³-hybridized carbons (Fsp3) is 0.227. The van der Waals surface area contributed by atoms with Gasteiger partial charge in [0.1, 0.15) is 17.2 Å². The lowest BCUT2D eigenvalue weighted by Crippen LogP contribution is -2.07. The van der Waals surface area contributed by atoms with Gasteiger partial charge in [-0.3, -0.25) is 9.82 Å². The predicted octanol–water partition coefficient (Wildman–Crippen LogP) is 4.49. The largest absolute Gasteiger partial charge is 0.497 e. The highest BCUT2D eigenvalue weighted by atomic mass is 16.6. The van der Waals surface area contributed by atoms with Crippen molar-refractivity contribution in [2.75, 3.05) is 14.2 Å². The molecule has 0 bridgehead atoms. The Bertz CT molecular complexity index is 1150. The first-order valence-electron chi connectivity index (χ1n) is 9.09. The third-order valence-electron chi connectivity index (χ3n) is 5.09. The van der Waals surface area contributed by atoms with Gasteiger partial charge in [-0.15, -0.1) is 0 Å². The zero-order valence-electron chi connectivity index (χ0n) is 16.4. The van der Waals surface area contributed by atoms with Crippen LogP contribution in [-0.2, 0) is 18.5 Å². The standard InChI is InChI=1S/C22H23N3O3/c1-14-19(13-27-23-2)17-7-6-16(12-21(17)25(14)3)28-22-9-10-24-20-11-15(26-4)5-8-18(20)22/h5-12,23H,13H2,1-4H3. The number of aryl methyl sites for hydroxylation is 1. The Balaban J connectivity index is 1.73. The van der Waals surface area contributed by atoms with Gasteiger partial charge in [0.05, 0.1) is 24.8 Å². The summed E-state index contributed by atoms with van der Waals surface area (Å²) in [6.45, 7) is 2.61.